The topological polar surface area (TPSA) is 29.9 Å². The first kappa shape index (κ1) is 11.6. The second-order valence-corrected chi connectivity index (χ2v) is 5.11. The predicted octanol–water partition coefficient (Wildman–Crippen LogP) is 2.40. The predicted molar refractivity (Wildman–Crippen MR) is 66.2 cm³/mol. The van der Waals surface area contributed by atoms with E-state index < -0.39 is 0 Å². The molecule has 1 N–H and O–H groups in total. The summed E-state index contributed by atoms with van der Waals surface area (Å²) in [5.41, 5.74) is 2.38. The van der Waals surface area contributed by atoms with Gasteiger partial charge in [-0.1, -0.05) is 12.8 Å². The maximum Gasteiger partial charge on any atom is 0.0597 e. The van der Waals surface area contributed by atoms with E-state index in [9.17, 15) is 0 Å². The van der Waals surface area contributed by atoms with Crippen molar-refractivity contribution in [3.8, 4) is 0 Å². The Labute approximate surface area is 98.2 Å². The summed E-state index contributed by atoms with van der Waals surface area (Å²) < 4.78 is 1.98. The number of aromatic nitrogens is 2. The van der Waals surface area contributed by atoms with Gasteiger partial charge in [0.25, 0.3) is 0 Å². The second-order valence-electron chi connectivity index (χ2n) is 5.11. The molecule has 0 spiro atoms. The van der Waals surface area contributed by atoms with E-state index in [4.69, 9.17) is 0 Å². The summed E-state index contributed by atoms with van der Waals surface area (Å²) in [6, 6.07) is 2.80. The molecule has 1 aliphatic carbocycles. The van der Waals surface area contributed by atoms with Crippen molar-refractivity contribution in [3.63, 3.8) is 0 Å². The first-order valence-electron chi connectivity index (χ1n) is 6.39. The molecule has 0 bridgehead atoms. The van der Waals surface area contributed by atoms with Gasteiger partial charge < -0.3 is 5.32 Å². The third-order valence-corrected chi connectivity index (χ3v) is 3.81. The van der Waals surface area contributed by atoms with Gasteiger partial charge in [-0.3, -0.25) is 4.68 Å². The molecule has 3 nitrogen and oxygen atoms in total. The minimum atomic E-state index is 0.637. The van der Waals surface area contributed by atoms with Crippen LogP contribution in [0.1, 0.15) is 44.0 Å². The number of nitrogens with one attached hydrogen (secondary N) is 1. The Morgan fingerprint density at radius 2 is 2.19 bits per heavy atom. The van der Waals surface area contributed by atoms with Gasteiger partial charge in [-0.05, 0) is 38.7 Å². The van der Waals surface area contributed by atoms with E-state index in [-0.39, 0.29) is 0 Å². The molecule has 0 aromatic carbocycles. The summed E-state index contributed by atoms with van der Waals surface area (Å²) >= 11 is 0. The fraction of sp³-hybridized carbons (Fsp3) is 0.769. The largest absolute Gasteiger partial charge is 0.308 e. The summed E-state index contributed by atoms with van der Waals surface area (Å²) in [6.07, 6.45) is 5.64. The lowest BCUT2D eigenvalue weighted by Gasteiger charge is -2.20. The van der Waals surface area contributed by atoms with Crippen LogP contribution in [0.3, 0.4) is 0 Å². The monoisotopic (exact) mass is 221 g/mol. The molecule has 0 aliphatic heterocycles. The smallest absolute Gasteiger partial charge is 0.0597 e. The molecule has 1 heterocycles. The van der Waals surface area contributed by atoms with Crippen LogP contribution in [-0.4, -0.2) is 15.8 Å². The lowest BCUT2D eigenvalue weighted by atomic mass is 10.00. The first-order chi connectivity index (χ1) is 7.66. The Morgan fingerprint density at radius 3 is 2.75 bits per heavy atom. The van der Waals surface area contributed by atoms with Crippen LogP contribution < -0.4 is 5.32 Å². The molecule has 0 unspecified atom stereocenters. The third-order valence-electron chi connectivity index (χ3n) is 3.81. The number of nitrogens with zero attached hydrogens (tertiary/aromatic N) is 2. The van der Waals surface area contributed by atoms with Crippen LogP contribution in [0.2, 0.25) is 0 Å². The van der Waals surface area contributed by atoms with E-state index in [1.165, 1.54) is 31.4 Å². The molecule has 16 heavy (non-hydrogen) atoms. The van der Waals surface area contributed by atoms with Crippen molar-refractivity contribution in [1.29, 1.82) is 0 Å². The molecule has 1 atom stereocenters. The van der Waals surface area contributed by atoms with Crippen LogP contribution in [0.25, 0.3) is 0 Å². The van der Waals surface area contributed by atoms with Crippen molar-refractivity contribution >= 4 is 0 Å². The molecule has 1 aromatic heterocycles. The number of aryl methyl sites for hydroxylation is 2. The summed E-state index contributed by atoms with van der Waals surface area (Å²) in [4.78, 5) is 0. The molecule has 1 fully saturated rings. The Bertz CT molecular complexity index is 337. The molecular weight excluding hydrogens is 198 g/mol. The normalized spacial score (nSPS) is 19.2. The first-order valence-corrected chi connectivity index (χ1v) is 6.39. The highest BCUT2D eigenvalue weighted by Gasteiger charge is 2.21. The minimum absolute atomic E-state index is 0.637. The Hall–Kier alpha value is -0.830. The molecule has 3 heteroatoms. The van der Waals surface area contributed by atoms with Gasteiger partial charge in [0.2, 0.25) is 0 Å². The van der Waals surface area contributed by atoms with Crippen molar-refractivity contribution < 1.29 is 0 Å². The molecule has 90 valence electrons. The number of rotatable bonds is 4. The zero-order chi connectivity index (χ0) is 11.5. The van der Waals surface area contributed by atoms with E-state index >= 15 is 0 Å². The molecule has 1 aromatic rings. The van der Waals surface area contributed by atoms with Crippen LogP contribution >= 0.6 is 0 Å². The van der Waals surface area contributed by atoms with Gasteiger partial charge in [-0.25, -0.2) is 0 Å². The molecule has 0 saturated heterocycles. The molecule has 1 saturated carbocycles. The average Bonchev–Trinajstić information content (AvgIpc) is 2.84. The van der Waals surface area contributed by atoms with Crippen molar-refractivity contribution in [2.45, 2.75) is 52.1 Å². The van der Waals surface area contributed by atoms with Gasteiger partial charge in [-0.15, -0.1) is 0 Å². The quantitative estimate of drug-likeness (QED) is 0.846. The molecule has 1 aliphatic rings. The Morgan fingerprint density at radius 1 is 1.50 bits per heavy atom. The van der Waals surface area contributed by atoms with E-state index in [0.29, 0.717) is 6.04 Å². The maximum absolute atomic E-state index is 4.36. The van der Waals surface area contributed by atoms with E-state index in [1.807, 2.05) is 18.7 Å². The van der Waals surface area contributed by atoms with Crippen LogP contribution in [0.15, 0.2) is 6.07 Å². The van der Waals surface area contributed by atoms with Gasteiger partial charge in [0.05, 0.1) is 11.4 Å². The second kappa shape index (κ2) is 5.00. The highest BCUT2D eigenvalue weighted by Crippen LogP contribution is 2.27. The number of hydrogen-bond acceptors (Lipinski definition) is 2. The van der Waals surface area contributed by atoms with Crippen LogP contribution in [0, 0.1) is 12.8 Å². The highest BCUT2D eigenvalue weighted by atomic mass is 15.3. The van der Waals surface area contributed by atoms with Crippen molar-refractivity contribution in [2.24, 2.45) is 13.0 Å². The molecular formula is C13H23N3. The van der Waals surface area contributed by atoms with Gasteiger partial charge in [0.15, 0.2) is 0 Å². The van der Waals surface area contributed by atoms with Gasteiger partial charge in [0, 0.05) is 19.6 Å². The van der Waals surface area contributed by atoms with E-state index in [2.05, 4.69) is 23.4 Å². The average molecular weight is 221 g/mol. The number of hydrogen-bond donors (Lipinski definition) is 1. The lowest BCUT2D eigenvalue weighted by Crippen LogP contribution is -2.32. The van der Waals surface area contributed by atoms with Crippen molar-refractivity contribution in [1.82, 2.24) is 15.1 Å². The third kappa shape index (κ3) is 2.64. The zero-order valence-corrected chi connectivity index (χ0v) is 10.7. The lowest BCUT2D eigenvalue weighted by molar-refractivity contribution is 0.376. The minimum Gasteiger partial charge on any atom is -0.308 e. The van der Waals surface area contributed by atoms with Gasteiger partial charge in [-0.2, -0.15) is 5.10 Å². The van der Waals surface area contributed by atoms with E-state index in [0.717, 1.165) is 18.2 Å². The van der Waals surface area contributed by atoms with Crippen LogP contribution in [-0.2, 0) is 13.6 Å². The standard InChI is InChI=1S/C13H23N3/c1-10-8-13(16(3)15-10)9-14-11(2)12-6-4-5-7-12/h8,11-12,14H,4-7,9H2,1-3H3/t11-/m0/s1. The van der Waals surface area contributed by atoms with Gasteiger partial charge in [0.1, 0.15) is 0 Å². The molecule has 0 amide bonds. The SMILES string of the molecule is Cc1cc(CN[C@@H](C)C2CCCC2)n(C)n1. The van der Waals surface area contributed by atoms with Crippen molar-refractivity contribution in [3.05, 3.63) is 17.5 Å². The summed E-state index contributed by atoms with van der Waals surface area (Å²) in [5.74, 6) is 0.884. The fourth-order valence-corrected chi connectivity index (χ4v) is 2.72. The van der Waals surface area contributed by atoms with Crippen molar-refractivity contribution in [2.75, 3.05) is 0 Å². The maximum atomic E-state index is 4.36. The van der Waals surface area contributed by atoms with Crippen LogP contribution in [0.5, 0.6) is 0 Å². The molecule has 0 radical (unpaired) electrons. The fourth-order valence-electron chi connectivity index (χ4n) is 2.72. The summed E-state index contributed by atoms with van der Waals surface area (Å²) in [7, 11) is 2.02. The zero-order valence-electron chi connectivity index (χ0n) is 10.7. The molecule has 2 rings (SSSR count). The van der Waals surface area contributed by atoms with E-state index in [1.54, 1.807) is 0 Å². The highest BCUT2D eigenvalue weighted by molar-refractivity contribution is 5.08. The Balaban J connectivity index is 1.84. The Kier molecular flexibility index (Phi) is 3.64. The summed E-state index contributed by atoms with van der Waals surface area (Å²) in [5, 5.41) is 8.00. The van der Waals surface area contributed by atoms with Crippen LogP contribution in [0.4, 0.5) is 0 Å². The van der Waals surface area contributed by atoms with Gasteiger partial charge >= 0.3 is 0 Å². The summed E-state index contributed by atoms with van der Waals surface area (Å²) in [6.45, 7) is 5.30.